The molecule has 1 fully saturated rings. The molecule has 8 nitrogen and oxygen atoms in total. The number of piperidine rings is 1. The van der Waals surface area contributed by atoms with Crippen molar-refractivity contribution >= 4 is 32.4 Å². The van der Waals surface area contributed by atoms with Crippen molar-refractivity contribution in [2.45, 2.75) is 12.8 Å². The van der Waals surface area contributed by atoms with Gasteiger partial charge in [0, 0.05) is 24.0 Å². The highest BCUT2D eigenvalue weighted by molar-refractivity contribution is 7.88. The lowest BCUT2D eigenvalue weighted by atomic mass is 9.99. The van der Waals surface area contributed by atoms with Gasteiger partial charge in [-0.15, -0.1) is 11.3 Å². The average Bonchev–Trinajstić information content (AvgIpc) is 3.15. The number of hydrogen-bond acceptors (Lipinski definition) is 7. The molecule has 1 aromatic carbocycles. The van der Waals surface area contributed by atoms with Gasteiger partial charge in [0.2, 0.25) is 15.9 Å². The van der Waals surface area contributed by atoms with Crippen molar-refractivity contribution in [3.8, 4) is 22.8 Å². The molecule has 1 aliphatic heterocycles. The lowest BCUT2D eigenvalue weighted by Crippen LogP contribution is -2.43. The van der Waals surface area contributed by atoms with E-state index < -0.39 is 10.0 Å². The molecule has 0 bridgehead atoms. The van der Waals surface area contributed by atoms with E-state index in [0.717, 1.165) is 5.56 Å². The Kier molecular flexibility index (Phi) is 6.21. The second kappa shape index (κ2) is 8.46. The number of aromatic nitrogens is 1. The Morgan fingerprint density at radius 2 is 2.11 bits per heavy atom. The maximum Gasteiger partial charge on any atom is 0.230 e. The number of amides is 1. The van der Waals surface area contributed by atoms with Crippen molar-refractivity contribution in [2.24, 2.45) is 5.92 Å². The Bertz CT molecular complexity index is 958. The number of thiazole rings is 1. The SMILES string of the molecule is COc1ccc(OC)c(-c2csc(NC(=O)C3CCCN(S(C)(=O)=O)C3)n2)c1. The first kappa shape index (κ1) is 20.6. The third-order valence-electron chi connectivity index (χ3n) is 4.64. The molecule has 1 amide bonds. The fraction of sp³-hybridized carbons (Fsp3) is 0.444. The number of sulfonamides is 1. The molecule has 0 spiro atoms. The van der Waals surface area contributed by atoms with Crippen molar-refractivity contribution in [1.82, 2.24) is 9.29 Å². The van der Waals surface area contributed by atoms with E-state index in [1.54, 1.807) is 26.4 Å². The predicted molar refractivity (Wildman–Crippen MR) is 108 cm³/mol. The Morgan fingerprint density at radius 1 is 1.32 bits per heavy atom. The zero-order valence-corrected chi connectivity index (χ0v) is 17.6. The fourth-order valence-electron chi connectivity index (χ4n) is 3.13. The number of methoxy groups -OCH3 is 2. The van der Waals surface area contributed by atoms with E-state index in [4.69, 9.17) is 9.47 Å². The summed E-state index contributed by atoms with van der Waals surface area (Å²) in [5.41, 5.74) is 1.43. The van der Waals surface area contributed by atoms with Gasteiger partial charge < -0.3 is 14.8 Å². The molecular formula is C18H23N3O5S2. The van der Waals surface area contributed by atoms with Crippen LogP contribution >= 0.6 is 11.3 Å². The lowest BCUT2D eigenvalue weighted by Gasteiger charge is -2.29. The van der Waals surface area contributed by atoms with Gasteiger partial charge in [-0.3, -0.25) is 4.79 Å². The highest BCUT2D eigenvalue weighted by Gasteiger charge is 2.30. The van der Waals surface area contributed by atoms with E-state index in [0.29, 0.717) is 41.7 Å². The van der Waals surface area contributed by atoms with Crippen LogP contribution in [0.15, 0.2) is 23.6 Å². The van der Waals surface area contributed by atoms with E-state index in [2.05, 4.69) is 10.3 Å². The standard InChI is InChI=1S/C18H23N3O5S2/c1-25-13-6-7-16(26-2)14(9-13)15-11-27-18(19-15)20-17(22)12-5-4-8-21(10-12)28(3,23)24/h6-7,9,11-12H,4-5,8,10H2,1-3H3,(H,19,20,22). The molecule has 0 radical (unpaired) electrons. The monoisotopic (exact) mass is 425 g/mol. The number of carbonyl (C=O) groups excluding carboxylic acids is 1. The van der Waals surface area contributed by atoms with E-state index in [9.17, 15) is 13.2 Å². The molecule has 2 aromatic rings. The molecule has 2 heterocycles. The van der Waals surface area contributed by atoms with Gasteiger partial charge in [0.1, 0.15) is 11.5 Å². The topological polar surface area (TPSA) is 97.8 Å². The minimum absolute atomic E-state index is 0.201. The first-order valence-corrected chi connectivity index (χ1v) is 11.5. The van der Waals surface area contributed by atoms with Crippen LogP contribution in [0.1, 0.15) is 12.8 Å². The molecule has 0 aliphatic carbocycles. The summed E-state index contributed by atoms with van der Waals surface area (Å²) in [4.78, 5) is 17.1. The summed E-state index contributed by atoms with van der Waals surface area (Å²) in [5.74, 6) is 0.728. The van der Waals surface area contributed by atoms with Crippen molar-refractivity contribution in [3.63, 3.8) is 0 Å². The molecule has 1 unspecified atom stereocenters. The number of anilines is 1. The second-order valence-electron chi connectivity index (χ2n) is 6.55. The van der Waals surface area contributed by atoms with Gasteiger partial charge in [-0.05, 0) is 31.0 Å². The van der Waals surface area contributed by atoms with Crippen LogP contribution in [0.2, 0.25) is 0 Å². The molecule has 28 heavy (non-hydrogen) atoms. The van der Waals surface area contributed by atoms with Gasteiger partial charge >= 0.3 is 0 Å². The molecule has 1 N–H and O–H groups in total. The predicted octanol–water partition coefficient (Wildman–Crippen LogP) is 2.44. The molecule has 1 saturated heterocycles. The molecule has 0 saturated carbocycles. The number of carbonyl (C=O) groups is 1. The van der Waals surface area contributed by atoms with Crippen LogP contribution in [-0.4, -0.2) is 57.2 Å². The van der Waals surface area contributed by atoms with Gasteiger partial charge in [-0.25, -0.2) is 17.7 Å². The lowest BCUT2D eigenvalue weighted by molar-refractivity contribution is -0.120. The summed E-state index contributed by atoms with van der Waals surface area (Å²) >= 11 is 1.30. The van der Waals surface area contributed by atoms with Crippen LogP contribution in [0.5, 0.6) is 11.5 Å². The number of rotatable bonds is 6. The van der Waals surface area contributed by atoms with E-state index in [1.807, 2.05) is 11.4 Å². The number of benzene rings is 1. The summed E-state index contributed by atoms with van der Waals surface area (Å²) in [6.07, 6.45) is 2.48. The minimum Gasteiger partial charge on any atom is -0.497 e. The Morgan fingerprint density at radius 3 is 2.79 bits per heavy atom. The minimum atomic E-state index is -3.30. The van der Waals surface area contributed by atoms with Gasteiger partial charge in [-0.1, -0.05) is 0 Å². The first-order valence-electron chi connectivity index (χ1n) is 8.75. The zero-order chi connectivity index (χ0) is 20.3. The molecule has 1 aromatic heterocycles. The Hall–Kier alpha value is -2.17. The molecule has 3 rings (SSSR count). The highest BCUT2D eigenvalue weighted by Crippen LogP contribution is 2.35. The largest absolute Gasteiger partial charge is 0.497 e. The van der Waals surface area contributed by atoms with E-state index in [1.165, 1.54) is 21.9 Å². The third-order valence-corrected chi connectivity index (χ3v) is 6.67. The van der Waals surface area contributed by atoms with Crippen molar-refractivity contribution in [3.05, 3.63) is 23.6 Å². The summed E-state index contributed by atoms with van der Waals surface area (Å²) in [5, 5.41) is 5.10. The fourth-order valence-corrected chi connectivity index (χ4v) is 4.76. The maximum atomic E-state index is 12.6. The molecule has 1 aliphatic rings. The summed E-state index contributed by atoms with van der Waals surface area (Å²) < 4.78 is 35.5. The number of ether oxygens (including phenoxy) is 2. The first-order chi connectivity index (χ1) is 13.3. The van der Waals surface area contributed by atoms with Crippen molar-refractivity contribution in [2.75, 3.05) is 38.9 Å². The van der Waals surface area contributed by atoms with Gasteiger partial charge in [-0.2, -0.15) is 0 Å². The zero-order valence-electron chi connectivity index (χ0n) is 16.0. The molecule has 10 heteroatoms. The smallest absolute Gasteiger partial charge is 0.230 e. The molecule has 1 atom stereocenters. The van der Waals surface area contributed by atoms with Gasteiger partial charge in [0.05, 0.1) is 32.1 Å². The van der Waals surface area contributed by atoms with Crippen LogP contribution in [-0.2, 0) is 14.8 Å². The molecular weight excluding hydrogens is 402 g/mol. The van der Waals surface area contributed by atoms with Crippen LogP contribution in [0, 0.1) is 5.92 Å². The van der Waals surface area contributed by atoms with Crippen LogP contribution in [0.3, 0.4) is 0 Å². The van der Waals surface area contributed by atoms with E-state index in [-0.39, 0.29) is 18.4 Å². The number of hydrogen-bond donors (Lipinski definition) is 1. The third kappa shape index (κ3) is 4.62. The summed E-state index contributed by atoms with van der Waals surface area (Å²) in [7, 11) is -0.131. The highest BCUT2D eigenvalue weighted by atomic mass is 32.2. The Balaban J connectivity index is 1.74. The van der Waals surface area contributed by atoms with Crippen LogP contribution in [0.4, 0.5) is 5.13 Å². The second-order valence-corrected chi connectivity index (χ2v) is 9.39. The summed E-state index contributed by atoms with van der Waals surface area (Å²) in [6, 6.07) is 5.42. The Labute approximate surface area is 168 Å². The normalized spacial score (nSPS) is 17.9. The van der Waals surface area contributed by atoms with Gasteiger partial charge in [0.15, 0.2) is 5.13 Å². The van der Waals surface area contributed by atoms with Crippen LogP contribution in [0.25, 0.3) is 11.3 Å². The van der Waals surface area contributed by atoms with Crippen molar-refractivity contribution in [1.29, 1.82) is 0 Å². The molecule has 152 valence electrons. The van der Waals surface area contributed by atoms with Crippen LogP contribution < -0.4 is 14.8 Å². The maximum absolute atomic E-state index is 12.6. The average molecular weight is 426 g/mol. The summed E-state index contributed by atoms with van der Waals surface area (Å²) in [6.45, 7) is 0.659. The van der Waals surface area contributed by atoms with Gasteiger partial charge in [0.25, 0.3) is 0 Å². The number of nitrogens with zero attached hydrogens (tertiary/aromatic N) is 2. The quantitative estimate of drug-likeness (QED) is 0.763. The van der Waals surface area contributed by atoms with E-state index >= 15 is 0 Å². The number of nitrogens with one attached hydrogen (secondary N) is 1. The van der Waals surface area contributed by atoms with Crippen molar-refractivity contribution < 1.29 is 22.7 Å².